The van der Waals surface area contributed by atoms with E-state index in [1.807, 2.05) is 22.7 Å². The SMILES string of the molecule is CCCNc1ccc(C(=O)N2CCSC(C)C2C)nn1. The lowest BCUT2D eigenvalue weighted by molar-refractivity contribution is 0.0691. The summed E-state index contributed by atoms with van der Waals surface area (Å²) in [5.41, 5.74) is 0.429. The number of carbonyl (C=O) groups excluding carboxylic acids is 1. The molecule has 1 fully saturated rings. The third kappa shape index (κ3) is 3.42. The van der Waals surface area contributed by atoms with E-state index < -0.39 is 0 Å². The molecule has 110 valence electrons. The van der Waals surface area contributed by atoms with Crippen LogP contribution in [0.5, 0.6) is 0 Å². The summed E-state index contributed by atoms with van der Waals surface area (Å²) in [7, 11) is 0. The second-order valence-corrected chi connectivity index (χ2v) is 6.53. The molecule has 1 saturated heterocycles. The number of hydrogen-bond donors (Lipinski definition) is 1. The zero-order valence-electron chi connectivity index (χ0n) is 12.3. The van der Waals surface area contributed by atoms with E-state index in [0.717, 1.165) is 31.1 Å². The minimum atomic E-state index is -0.0146. The fourth-order valence-corrected chi connectivity index (χ4v) is 3.26. The summed E-state index contributed by atoms with van der Waals surface area (Å²) in [4.78, 5) is 14.4. The molecule has 2 heterocycles. The third-order valence-corrected chi connectivity index (χ3v) is 4.92. The molecular weight excluding hydrogens is 272 g/mol. The first-order valence-electron chi connectivity index (χ1n) is 7.13. The van der Waals surface area contributed by atoms with E-state index in [9.17, 15) is 4.79 Å². The van der Waals surface area contributed by atoms with Gasteiger partial charge in [0.2, 0.25) is 0 Å². The van der Waals surface area contributed by atoms with Crippen molar-refractivity contribution in [3.05, 3.63) is 17.8 Å². The third-order valence-electron chi connectivity index (χ3n) is 3.58. The van der Waals surface area contributed by atoms with Gasteiger partial charge < -0.3 is 10.2 Å². The average molecular weight is 294 g/mol. The van der Waals surface area contributed by atoms with Crippen molar-refractivity contribution >= 4 is 23.5 Å². The Balaban J connectivity index is 2.05. The maximum absolute atomic E-state index is 12.5. The van der Waals surface area contributed by atoms with Crippen molar-refractivity contribution in [3.63, 3.8) is 0 Å². The van der Waals surface area contributed by atoms with E-state index >= 15 is 0 Å². The molecule has 2 rings (SSSR count). The Kier molecular flexibility index (Phi) is 5.23. The maximum Gasteiger partial charge on any atom is 0.274 e. The topological polar surface area (TPSA) is 58.1 Å². The molecule has 0 spiro atoms. The molecule has 2 atom stereocenters. The number of nitrogens with one attached hydrogen (secondary N) is 1. The van der Waals surface area contributed by atoms with Crippen LogP contribution in [0.15, 0.2) is 12.1 Å². The van der Waals surface area contributed by atoms with Crippen molar-refractivity contribution in [3.8, 4) is 0 Å². The van der Waals surface area contributed by atoms with Gasteiger partial charge >= 0.3 is 0 Å². The zero-order valence-corrected chi connectivity index (χ0v) is 13.1. The molecule has 6 heteroatoms. The summed E-state index contributed by atoms with van der Waals surface area (Å²) < 4.78 is 0. The van der Waals surface area contributed by atoms with E-state index in [2.05, 4.69) is 36.3 Å². The minimum absolute atomic E-state index is 0.0146. The number of aromatic nitrogens is 2. The highest BCUT2D eigenvalue weighted by Crippen LogP contribution is 2.25. The first-order chi connectivity index (χ1) is 9.63. The maximum atomic E-state index is 12.5. The Bertz CT molecular complexity index is 451. The lowest BCUT2D eigenvalue weighted by atomic mass is 10.2. The molecule has 1 aromatic heterocycles. The molecule has 0 radical (unpaired) electrons. The van der Waals surface area contributed by atoms with Crippen LogP contribution >= 0.6 is 11.8 Å². The van der Waals surface area contributed by atoms with E-state index in [4.69, 9.17) is 0 Å². The average Bonchev–Trinajstić information content (AvgIpc) is 2.48. The highest BCUT2D eigenvalue weighted by molar-refractivity contribution is 8.00. The molecule has 1 aliphatic rings. The summed E-state index contributed by atoms with van der Waals surface area (Å²) in [6, 6.07) is 3.82. The first-order valence-corrected chi connectivity index (χ1v) is 8.18. The normalized spacial score (nSPS) is 22.6. The number of nitrogens with zero attached hydrogens (tertiary/aromatic N) is 3. The molecule has 0 saturated carbocycles. The van der Waals surface area contributed by atoms with Crippen molar-refractivity contribution in [2.45, 2.75) is 38.5 Å². The Hall–Kier alpha value is -1.30. The molecule has 1 aliphatic heterocycles. The summed E-state index contributed by atoms with van der Waals surface area (Å²) in [6.45, 7) is 8.00. The molecule has 1 N–H and O–H groups in total. The summed E-state index contributed by atoms with van der Waals surface area (Å²) >= 11 is 1.91. The Morgan fingerprint density at radius 2 is 2.25 bits per heavy atom. The van der Waals surface area contributed by atoms with Crippen LogP contribution in [0.25, 0.3) is 0 Å². The number of hydrogen-bond acceptors (Lipinski definition) is 5. The van der Waals surface area contributed by atoms with Crippen LogP contribution in [-0.4, -0.2) is 51.1 Å². The molecule has 0 bridgehead atoms. The van der Waals surface area contributed by atoms with Crippen LogP contribution < -0.4 is 5.32 Å². The van der Waals surface area contributed by atoms with Gasteiger partial charge in [-0.2, -0.15) is 11.8 Å². The van der Waals surface area contributed by atoms with Crippen LogP contribution in [0.1, 0.15) is 37.7 Å². The van der Waals surface area contributed by atoms with Gasteiger partial charge in [-0.3, -0.25) is 4.79 Å². The Labute approximate surface area is 124 Å². The summed E-state index contributed by atoms with van der Waals surface area (Å²) in [5, 5.41) is 11.7. The van der Waals surface area contributed by atoms with Gasteiger partial charge in [0.25, 0.3) is 5.91 Å². The second-order valence-electron chi connectivity index (χ2n) is 5.05. The highest BCUT2D eigenvalue weighted by Gasteiger charge is 2.30. The molecule has 1 aromatic rings. The van der Waals surface area contributed by atoms with E-state index in [-0.39, 0.29) is 11.9 Å². The number of rotatable bonds is 4. The fourth-order valence-electron chi connectivity index (χ4n) is 2.16. The Morgan fingerprint density at radius 3 is 2.90 bits per heavy atom. The van der Waals surface area contributed by atoms with Crippen molar-refractivity contribution < 1.29 is 4.79 Å². The lowest BCUT2D eigenvalue weighted by Crippen LogP contribution is -2.48. The molecular formula is C14H22N4OS. The largest absolute Gasteiger partial charge is 0.369 e. The number of thioether (sulfide) groups is 1. The summed E-state index contributed by atoms with van der Waals surface area (Å²) in [5.74, 6) is 1.69. The highest BCUT2D eigenvalue weighted by atomic mass is 32.2. The molecule has 0 aliphatic carbocycles. The van der Waals surface area contributed by atoms with Crippen LogP contribution in [0.3, 0.4) is 0 Å². The van der Waals surface area contributed by atoms with Gasteiger partial charge in [-0.25, -0.2) is 0 Å². The quantitative estimate of drug-likeness (QED) is 0.923. The van der Waals surface area contributed by atoms with Gasteiger partial charge in [-0.05, 0) is 25.5 Å². The second kappa shape index (κ2) is 6.92. The number of anilines is 1. The van der Waals surface area contributed by atoms with Gasteiger partial charge in [0.15, 0.2) is 5.69 Å². The van der Waals surface area contributed by atoms with Crippen LogP contribution in [-0.2, 0) is 0 Å². The van der Waals surface area contributed by atoms with Gasteiger partial charge in [0, 0.05) is 30.1 Å². The van der Waals surface area contributed by atoms with Crippen LogP contribution in [0.2, 0.25) is 0 Å². The predicted molar refractivity (Wildman–Crippen MR) is 83.2 cm³/mol. The fraction of sp³-hybridized carbons (Fsp3) is 0.643. The van der Waals surface area contributed by atoms with Crippen molar-refractivity contribution in [1.82, 2.24) is 15.1 Å². The van der Waals surface area contributed by atoms with Gasteiger partial charge in [0.1, 0.15) is 5.82 Å². The minimum Gasteiger partial charge on any atom is -0.369 e. The van der Waals surface area contributed by atoms with Gasteiger partial charge in [-0.15, -0.1) is 10.2 Å². The molecule has 5 nitrogen and oxygen atoms in total. The lowest BCUT2D eigenvalue weighted by Gasteiger charge is -2.37. The van der Waals surface area contributed by atoms with E-state index in [0.29, 0.717) is 10.9 Å². The standard InChI is InChI=1S/C14H22N4OS/c1-4-7-15-13-6-5-12(16-17-13)14(19)18-8-9-20-11(3)10(18)2/h5-6,10-11H,4,7-9H2,1-3H3,(H,15,17). The molecule has 2 unspecified atom stereocenters. The van der Waals surface area contributed by atoms with Crippen LogP contribution in [0.4, 0.5) is 5.82 Å². The van der Waals surface area contributed by atoms with Crippen LogP contribution in [0, 0.1) is 0 Å². The molecule has 0 aromatic carbocycles. The van der Waals surface area contributed by atoms with Gasteiger partial charge in [-0.1, -0.05) is 13.8 Å². The summed E-state index contributed by atoms with van der Waals surface area (Å²) in [6.07, 6.45) is 1.03. The molecule has 20 heavy (non-hydrogen) atoms. The number of carbonyl (C=O) groups is 1. The van der Waals surface area contributed by atoms with Gasteiger partial charge in [0.05, 0.1) is 0 Å². The zero-order chi connectivity index (χ0) is 14.5. The monoisotopic (exact) mass is 294 g/mol. The molecule has 1 amide bonds. The van der Waals surface area contributed by atoms with Crippen molar-refractivity contribution in [1.29, 1.82) is 0 Å². The van der Waals surface area contributed by atoms with E-state index in [1.54, 1.807) is 6.07 Å². The van der Waals surface area contributed by atoms with Crippen molar-refractivity contribution in [2.75, 3.05) is 24.2 Å². The smallest absolute Gasteiger partial charge is 0.274 e. The van der Waals surface area contributed by atoms with E-state index in [1.165, 1.54) is 0 Å². The van der Waals surface area contributed by atoms with Crippen molar-refractivity contribution in [2.24, 2.45) is 0 Å². The first kappa shape index (κ1) is 15.1. The predicted octanol–water partition coefficient (Wildman–Crippen LogP) is 2.26. The number of amides is 1. The Morgan fingerprint density at radius 1 is 1.45 bits per heavy atom.